The summed E-state index contributed by atoms with van der Waals surface area (Å²) in [5.74, 6) is -1.71. The smallest absolute Gasteiger partial charge is 0.251 e. The number of aromatic hydroxyl groups is 1. The Morgan fingerprint density at radius 3 is 2.20 bits per heavy atom. The van der Waals surface area contributed by atoms with E-state index in [1.54, 1.807) is 32.9 Å². The van der Waals surface area contributed by atoms with Gasteiger partial charge >= 0.3 is 0 Å². The molecule has 0 aliphatic carbocycles. The van der Waals surface area contributed by atoms with Crippen molar-refractivity contribution in [3.8, 4) is 5.75 Å². The van der Waals surface area contributed by atoms with Crippen molar-refractivity contribution in [2.75, 3.05) is 13.1 Å². The molecule has 190 valence electrons. The number of sulfonamides is 1. The number of carbonyl (C=O) groups excluding carboxylic acids is 3. The minimum absolute atomic E-state index is 0.00691. The number of phenolic OH excluding ortho intramolecular Hbond substituents is 1. The second kappa shape index (κ2) is 11.8. The van der Waals surface area contributed by atoms with E-state index in [0.29, 0.717) is 0 Å². The number of hydrogen-bond donors (Lipinski definition) is 5. The Balaban J connectivity index is 2.04. The summed E-state index contributed by atoms with van der Waals surface area (Å²) in [5.41, 5.74) is 0.555. The zero-order valence-electron chi connectivity index (χ0n) is 20.2. The molecule has 0 heterocycles. The third-order valence-corrected chi connectivity index (χ3v) is 6.15. The second-order valence-electron chi connectivity index (χ2n) is 9.09. The van der Waals surface area contributed by atoms with Crippen molar-refractivity contribution >= 4 is 27.7 Å². The summed E-state index contributed by atoms with van der Waals surface area (Å²) in [4.78, 5) is 37.4. The van der Waals surface area contributed by atoms with E-state index >= 15 is 0 Å². The molecule has 2 aromatic rings. The predicted molar refractivity (Wildman–Crippen MR) is 131 cm³/mol. The number of aryl methyl sites for hydroxylation is 1. The lowest BCUT2D eigenvalue weighted by Gasteiger charge is -2.23. The summed E-state index contributed by atoms with van der Waals surface area (Å²) in [7, 11) is -4.08. The maximum Gasteiger partial charge on any atom is 0.251 e. The van der Waals surface area contributed by atoms with Gasteiger partial charge in [-0.2, -0.15) is 4.72 Å². The SMILES string of the molecule is Cc1ccc(S(=O)(=O)N[C@@H](CC(=O)NC(C)(C)C)C(=O)NCCNC(=O)c2cccc(O)c2)cc1. The predicted octanol–water partition coefficient (Wildman–Crippen LogP) is 1.20. The van der Waals surface area contributed by atoms with Crippen LogP contribution in [0.2, 0.25) is 0 Å². The lowest BCUT2D eigenvalue weighted by atomic mass is 10.1. The van der Waals surface area contributed by atoms with Crippen LogP contribution in [0.25, 0.3) is 0 Å². The van der Waals surface area contributed by atoms with Gasteiger partial charge in [-0.1, -0.05) is 23.8 Å². The van der Waals surface area contributed by atoms with E-state index in [0.717, 1.165) is 5.56 Å². The van der Waals surface area contributed by atoms with E-state index < -0.39 is 45.7 Å². The van der Waals surface area contributed by atoms with Gasteiger partial charge in [-0.3, -0.25) is 14.4 Å². The van der Waals surface area contributed by atoms with Crippen LogP contribution in [-0.4, -0.2) is 55.9 Å². The fourth-order valence-electron chi connectivity index (χ4n) is 3.05. The highest BCUT2D eigenvalue weighted by atomic mass is 32.2. The monoisotopic (exact) mass is 504 g/mol. The lowest BCUT2D eigenvalue weighted by Crippen LogP contribution is -2.51. The van der Waals surface area contributed by atoms with Gasteiger partial charge in [0, 0.05) is 24.2 Å². The van der Waals surface area contributed by atoms with Crippen molar-refractivity contribution < 1.29 is 27.9 Å². The van der Waals surface area contributed by atoms with Crippen LogP contribution in [0.15, 0.2) is 53.4 Å². The molecule has 0 saturated heterocycles. The molecule has 0 radical (unpaired) electrons. The number of nitrogens with one attached hydrogen (secondary N) is 4. The van der Waals surface area contributed by atoms with Crippen molar-refractivity contribution in [2.45, 2.75) is 50.6 Å². The maximum atomic E-state index is 12.8. The van der Waals surface area contributed by atoms with Crippen LogP contribution in [0.4, 0.5) is 0 Å². The highest BCUT2D eigenvalue weighted by molar-refractivity contribution is 7.89. The van der Waals surface area contributed by atoms with Crippen LogP contribution in [-0.2, 0) is 19.6 Å². The van der Waals surface area contributed by atoms with Crippen molar-refractivity contribution in [2.24, 2.45) is 0 Å². The molecule has 0 unspecified atom stereocenters. The highest BCUT2D eigenvalue weighted by Gasteiger charge is 2.29. The highest BCUT2D eigenvalue weighted by Crippen LogP contribution is 2.12. The fraction of sp³-hybridized carbons (Fsp3) is 0.375. The molecule has 0 saturated carbocycles. The van der Waals surface area contributed by atoms with Gasteiger partial charge in [0.05, 0.1) is 11.3 Å². The summed E-state index contributed by atoms with van der Waals surface area (Å²) in [6, 6.07) is 10.5. The molecule has 0 aromatic heterocycles. The lowest BCUT2D eigenvalue weighted by molar-refractivity contribution is -0.128. The Morgan fingerprint density at radius 1 is 0.971 bits per heavy atom. The summed E-state index contributed by atoms with van der Waals surface area (Å²) in [6.07, 6.45) is -0.413. The average Bonchev–Trinajstić information content (AvgIpc) is 2.74. The van der Waals surface area contributed by atoms with E-state index in [1.807, 2.05) is 6.92 Å². The zero-order valence-corrected chi connectivity index (χ0v) is 21.0. The van der Waals surface area contributed by atoms with Crippen molar-refractivity contribution in [1.82, 2.24) is 20.7 Å². The van der Waals surface area contributed by atoms with Gasteiger partial charge in [0.25, 0.3) is 5.91 Å². The third-order valence-electron chi connectivity index (χ3n) is 4.67. The van der Waals surface area contributed by atoms with E-state index in [9.17, 15) is 27.9 Å². The van der Waals surface area contributed by atoms with E-state index in [-0.39, 0.29) is 29.3 Å². The van der Waals surface area contributed by atoms with Crippen molar-refractivity contribution in [3.05, 3.63) is 59.7 Å². The third kappa shape index (κ3) is 9.38. The number of carbonyl (C=O) groups is 3. The van der Waals surface area contributed by atoms with Crippen molar-refractivity contribution in [3.63, 3.8) is 0 Å². The zero-order chi connectivity index (χ0) is 26.2. The molecular formula is C24H32N4O6S. The summed E-state index contributed by atoms with van der Waals surface area (Å²) in [6.45, 7) is 7.16. The topological polar surface area (TPSA) is 154 Å². The first kappa shape index (κ1) is 27.8. The first-order chi connectivity index (χ1) is 16.3. The Morgan fingerprint density at radius 2 is 1.60 bits per heavy atom. The Hall–Kier alpha value is -3.44. The number of benzene rings is 2. The van der Waals surface area contributed by atoms with Crippen LogP contribution in [0, 0.1) is 6.92 Å². The van der Waals surface area contributed by atoms with Gasteiger partial charge in [-0.05, 0) is 58.0 Å². The maximum absolute atomic E-state index is 12.8. The summed E-state index contributed by atoms with van der Waals surface area (Å²) >= 11 is 0. The molecule has 0 spiro atoms. The molecule has 0 bridgehead atoms. The molecule has 2 aromatic carbocycles. The molecule has 0 fully saturated rings. The van der Waals surface area contributed by atoms with Crippen LogP contribution in [0.1, 0.15) is 43.1 Å². The summed E-state index contributed by atoms with van der Waals surface area (Å²) in [5, 5.41) is 17.3. The van der Waals surface area contributed by atoms with E-state index in [1.165, 1.54) is 36.4 Å². The van der Waals surface area contributed by atoms with Crippen LogP contribution in [0.5, 0.6) is 5.75 Å². The minimum atomic E-state index is -4.08. The molecular weight excluding hydrogens is 472 g/mol. The summed E-state index contributed by atoms with van der Waals surface area (Å²) < 4.78 is 28.0. The minimum Gasteiger partial charge on any atom is -0.508 e. The fourth-order valence-corrected chi connectivity index (χ4v) is 4.24. The van der Waals surface area contributed by atoms with Crippen molar-refractivity contribution in [1.29, 1.82) is 0 Å². The molecule has 0 aliphatic heterocycles. The van der Waals surface area contributed by atoms with Gasteiger partial charge in [-0.25, -0.2) is 8.42 Å². The van der Waals surface area contributed by atoms with Crippen LogP contribution in [0.3, 0.4) is 0 Å². The number of hydrogen-bond acceptors (Lipinski definition) is 6. The van der Waals surface area contributed by atoms with Crippen LogP contribution >= 0.6 is 0 Å². The first-order valence-corrected chi connectivity index (χ1v) is 12.5. The second-order valence-corrected chi connectivity index (χ2v) is 10.8. The molecule has 1 atom stereocenters. The Kier molecular flexibility index (Phi) is 9.38. The van der Waals surface area contributed by atoms with Gasteiger partial charge < -0.3 is 21.1 Å². The Bertz CT molecular complexity index is 1160. The molecule has 35 heavy (non-hydrogen) atoms. The molecule has 11 heteroatoms. The van der Waals surface area contributed by atoms with Gasteiger partial charge in [0.15, 0.2) is 0 Å². The standard InChI is InChI=1S/C24H32N4O6S/c1-16-8-10-19(11-9-16)35(33,34)28-20(15-21(30)27-24(2,3)4)23(32)26-13-12-25-22(31)17-6-5-7-18(29)14-17/h5-11,14,20,28-29H,12-13,15H2,1-4H3,(H,25,31)(H,26,32)(H,27,30)/t20-/m0/s1. The average molecular weight is 505 g/mol. The van der Waals surface area contributed by atoms with Crippen LogP contribution < -0.4 is 20.7 Å². The molecule has 10 nitrogen and oxygen atoms in total. The quantitative estimate of drug-likeness (QED) is 0.306. The van der Waals surface area contributed by atoms with Gasteiger partial charge in [-0.15, -0.1) is 0 Å². The van der Waals surface area contributed by atoms with E-state index in [4.69, 9.17) is 0 Å². The van der Waals surface area contributed by atoms with E-state index in [2.05, 4.69) is 20.7 Å². The normalized spacial score (nSPS) is 12.5. The molecule has 3 amide bonds. The molecule has 0 aliphatic rings. The number of phenols is 1. The molecule has 5 N–H and O–H groups in total. The molecule has 2 rings (SSSR count). The largest absolute Gasteiger partial charge is 0.508 e. The number of rotatable bonds is 10. The van der Waals surface area contributed by atoms with Gasteiger partial charge in [0.2, 0.25) is 21.8 Å². The first-order valence-electron chi connectivity index (χ1n) is 11.0. The Labute approximate surface area is 205 Å². The van der Waals surface area contributed by atoms with Gasteiger partial charge in [0.1, 0.15) is 11.8 Å². The number of amides is 3.